The number of nitrogens with one attached hydrogen (secondary N) is 3. The first kappa shape index (κ1) is 26.9. The molecular weight excluding hydrogens is 518 g/mol. The Labute approximate surface area is 232 Å². The number of benzene rings is 2. The highest BCUT2D eigenvalue weighted by atomic mass is 35.5. The zero-order valence-corrected chi connectivity index (χ0v) is 22.6. The Balaban J connectivity index is 1.16. The van der Waals surface area contributed by atoms with Crippen molar-refractivity contribution >= 4 is 40.7 Å². The smallest absolute Gasteiger partial charge is 0.313 e. The number of hydrogen-bond donors (Lipinski definition) is 3. The molecule has 3 N–H and O–H groups in total. The Hall–Kier alpha value is -3.73. The van der Waals surface area contributed by atoms with Gasteiger partial charge in [-0.2, -0.15) is 0 Å². The van der Waals surface area contributed by atoms with E-state index < -0.39 is 11.8 Å². The molecule has 0 aliphatic carbocycles. The SMILES string of the molecule is Cn1ccnc1C1CNCCN1CCNC(=O)C(=O)Nc1ccc2c(c1)CCC(=O)N2Cc1ccc(Cl)cc1. The first-order chi connectivity index (χ1) is 18.9. The first-order valence-corrected chi connectivity index (χ1v) is 13.5. The highest BCUT2D eigenvalue weighted by Crippen LogP contribution is 2.31. The molecule has 0 saturated carbocycles. The van der Waals surface area contributed by atoms with Crippen molar-refractivity contribution in [1.82, 2.24) is 25.1 Å². The van der Waals surface area contributed by atoms with Gasteiger partial charge in [0.25, 0.3) is 0 Å². The van der Waals surface area contributed by atoms with Crippen molar-refractivity contribution in [2.24, 2.45) is 7.05 Å². The van der Waals surface area contributed by atoms with E-state index in [0.29, 0.717) is 43.2 Å². The second-order valence-corrected chi connectivity index (χ2v) is 10.2. The summed E-state index contributed by atoms with van der Waals surface area (Å²) in [4.78, 5) is 46.3. The summed E-state index contributed by atoms with van der Waals surface area (Å²) >= 11 is 5.99. The number of nitrogens with zero attached hydrogens (tertiary/aromatic N) is 4. The average Bonchev–Trinajstić information content (AvgIpc) is 3.37. The van der Waals surface area contributed by atoms with Gasteiger partial charge in [0, 0.05) is 75.0 Å². The Kier molecular flexibility index (Phi) is 8.25. The van der Waals surface area contributed by atoms with Gasteiger partial charge in [0.1, 0.15) is 5.82 Å². The molecule has 1 fully saturated rings. The Morgan fingerprint density at radius 1 is 1.13 bits per heavy atom. The van der Waals surface area contributed by atoms with Crippen LogP contribution in [0.5, 0.6) is 0 Å². The van der Waals surface area contributed by atoms with Gasteiger partial charge in [-0.05, 0) is 47.9 Å². The van der Waals surface area contributed by atoms with E-state index in [9.17, 15) is 14.4 Å². The molecule has 204 valence electrons. The molecule has 10 nitrogen and oxygen atoms in total. The molecule has 39 heavy (non-hydrogen) atoms. The molecule has 2 aliphatic heterocycles. The van der Waals surface area contributed by atoms with E-state index in [1.54, 1.807) is 29.3 Å². The van der Waals surface area contributed by atoms with Gasteiger partial charge in [-0.15, -0.1) is 0 Å². The average molecular weight is 550 g/mol. The summed E-state index contributed by atoms with van der Waals surface area (Å²) < 4.78 is 2.00. The highest BCUT2D eigenvalue weighted by molar-refractivity contribution is 6.39. The van der Waals surface area contributed by atoms with Crippen LogP contribution in [0.3, 0.4) is 0 Å². The van der Waals surface area contributed by atoms with E-state index in [1.807, 2.05) is 42.1 Å². The predicted molar refractivity (Wildman–Crippen MR) is 149 cm³/mol. The van der Waals surface area contributed by atoms with Crippen LogP contribution in [-0.4, -0.2) is 64.9 Å². The zero-order valence-electron chi connectivity index (χ0n) is 21.8. The van der Waals surface area contributed by atoms with Crippen molar-refractivity contribution in [2.45, 2.75) is 25.4 Å². The number of piperazine rings is 1. The number of aryl methyl sites for hydroxylation is 2. The molecular formula is C28H32ClN7O3. The summed E-state index contributed by atoms with van der Waals surface area (Å²) in [5, 5.41) is 9.47. The minimum atomic E-state index is -0.721. The molecule has 2 aliphatic rings. The lowest BCUT2D eigenvalue weighted by molar-refractivity contribution is -0.136. The number of amides is 3. The van der Waals surface area contributed by atoms with E-state index in [0.717, 1.165) is 42.3 Å². The van der Waals surface area contributed by atoms with E-state index in [1.165, 1.54) is 0 Å². The van der Waals surface area contributed by atoms with Gasteiger partial charge in [-0.1, -0.05) is 23.7 Å². The van der Waals surface area contributed by atoms with Crippen LogP contribution in [0, 0.1) is 0 Å². The van der Waals surface area contributed by atoms with Crippen molar-refractivity contribution in [1.29, 1.82) is 0 Å². The van der Waals surface area contributed by atoms with Crippen molar-refractivity contribution < 1.29 is 14.4 Å². The molecule has 1 atom stereocenters. The number of aromatic nitrogens is 2. The lowest BCUT2D eigenvalue weighted by atomic mass is 9.99. The van der Waals surface area contributed by atoms with Crippen LogP contribution >= 0.6 is 11.6 Å². The summed E-state index contributed by atoms with van der Waals surface area (Å²) in [6.07, 6.45) is 4.65. The monoisotopic (exact) mass is 549 g/mol. The largest absolute Gasteiger partial charge is 0.347 e. The lowest BCUT2D eigenvalue weighted by Crippen LogP contribution is -2.49. The van der Waals surface area contributed by atoms with Crippen molar-refractivity contribution in [3.63, 3.8) is 0 Å². The van der Waals surface area contributed by atoms with Gasteiger partial charge in [-0.25, -0.2) is 4.98 Å². The van der Waals surface area contributed by atoms with Crippen LogP contribution in [0.2, 0.25) is 5.02 Å². The number of carbonyl (C=O) groups excluding carboxylic acids is 3. The minimum Gasteiger partial charge on any atom is -0.347 e. The van der Waals surface area contributed by atoms with Crippen LogP contribution in [0.15, 0.2) is 54.9 Å². The number of rotatable bonds is 7. The number of fused-ring (bicyclic) bond motifs is 1. The number of halogens is 1. The summed E-state index contributed by atoms with van der Waals surface area (Å²) in [6, 6.07) is 12.9. The normalized spacial score (nSPS) is 17.5. The molecule has 1 unspecified atom stereocenters. The number of anilines is 2. The molecule has 3 heterocycles. The number of imidazole rings is 1. The van der Waals surface area contributed by atoms with Gasteiger partial charge >= 0.3 is 11.8 Å². The maximum Gasteiger partial charge on any atom is 0.313 e. The van der Waals surface area contributed by atoms with E-state index in [4.69, 9.17) is 11.6 Å². The van der Waals surface area contributed by atoms with Crippen molar-refractivity contribution in [3.05, 3.63) is 76.8 Å². The summed E-state index contributed by atoms with van der Waals surface area (Å²) in [7, 11) is 1.97. The van der Waals surface area contributed by atoms with Crippen LogP contribution in [0.4, 0.5) is 11.4 Å². The third-order valence-electron chi connectivity index (χ3n) is 7.19. The summed E-state index contributed by atoms with van der Waals surface area (Å²) in [5.41, 5.74) is 3.25. The molecule has 0 radical (unpaired) electrons. The van der Waals surface area contributed by atoms with Gasteiger partial charge in [0.05, 0.1) is 12.6 Å². The van der Waals surface area contributed by atoms with E-state index in [-0.39, 0.29) is 11.9 Å². The second kappa shape index (κ2) is 12.0. The van der Waals surface area contributed by atoms with Crippen molar-refractivity contribution in [3.8, 4) is 0 Å². The molecule has 5 rings (SSSR count). The third-order valence-corrected chi connectivity index (χ3v) is 7.44. The summed E-state index contributed by atoms with van der Waals surface area (Å²) in [6.45, 7) is 3.85. The molecule has 1 saturated heterocycles. The van der Waals surface area contributed by atoms with Crippen LogP contribution in [0.1, 0.15) is 29.4 Å². The van der Waals surface area contributed by atoms with Gasteiger partial charge in [-0.3, -0.25) is 19.3 Å². The minimum absolute atomic E-state index is 0.0447. The fourth-order valence-electron chi connectivity index (χ4n) is 5.13. The van der Waals surface area contributed by atoms with Crippen LogP contribution < -0.4 is 20.9 Å². The van der Waals surface area contributed by atoms with Gasteiger partial charge in [0.2, 0.25) is 5.91 Å². The first-order valence-electron chi connectivity index (χ1n) is 13.1. The lowest BCUT2D eigenvalue weighted by Gasteiger charge is -2.35. The second-order valence-electron chi connectivity index (χ2n) is 9.81. The summed E-state index contributed by atoms with van der Waals surface area (Å²) in [5.74, 6) is -0.396. The predicted octanol–water partition coefficient (Wildman–Crippen LogP) is 2.25. The fraction of sp³-hybridized carbons (Fsp3) is 0.357. The Morgan fingerprint density at radius 2 is 1.95 bits per heavy atom. The van der Waals surface area contributed by atoms with E-state index in [2.05, 4.69) is 25.8 Å². The zero-order chi connectivity index (χ0) is 27.4. The molecule has 3 aromatic rings. The number of hydrogen-bond acceptors (Lipinski definition) is 6. The van der Waals surface area contributed by atoms with Gasteiger partial charge in [0.15, 0.2) is 0 Å². The Morgan fingerprint density at radius 3 is 2.72 bits per heavy atom. The topological polar surface area (TPSA) is 112 Å². The fourth-order valence-corrected chi connectivity index (χ4v) is 5.26. The molecule has 3 amide bonds. The maximum atomic E-state index is 12.7. The quantitative estimate of drug-likeness (QED) is 0.390. The van der Waals surface area contributed by atoms with Crippen LogP contribution in [-0.2, 0) is 34.4 Å². The third kappa shape index (κ3) is 6.30. The Bertz CT molecular complexity index is 1360. The standard InChI is InChI=1S/C28H32ClN7O3/c1-34-13-11-31-26(34)24-17-30-10-14-35(24)15-12-32-27(38)28(39)33-22-7-8-23-20(16-22)4-9-25(37)36(23)18-19-2-5-21(29)6-3-19/h2-3,5-8,11,13,16,24,30H,4,9-10,12,14-15,17-18H2,1H3,(H,32,38)(H,33,39). The van der Waals surface area contributed by atoms with Crippen molar-refractivity contribution in [2.75, 3.05) is 42.9 Å². The molecule has 0 bridgehead atoms. The highest BCUT2D eigenvalue weighted by Gasteiger charge is 2.27. The number of carbonyl (C=O) groups is 3. The molecule has 11 heteroatoms. The van der Waals surface area contributed by atoms with Crippen LogP contribution in [0.25, 0.3) is 0 Å². The maximum absolute atomic E-state index is 12.7. The molecule has 0 spiro atoms. The van der Waals surface area contributed by atoms with Gasteiger partial charge < -0.3 is 25.4 Å². The molecule has 1 aromatic heterocycles. The van der Waals surface area contributed by atoms with E-state index >= 15 is 0 Å². The molecule has 2 aromatic carbocycles.